The van der Waals surface area contributed by atoms with Crippen molar-refractivity contribution in [2.24, 2.45) is 0 Å². The predicted octanol–water partition coefficient (Wildman–Crippen LogP) is 0.470. The van der Waals surface area contributed by atoms with Crippen molar-refractivity contribution in [2.45, 2.75) is 0 Å². The zero-order valence-electron chi connectivity index (χ0n) is 10.7. The summed E-state index contributed by atoms with van der Waals surface area (Å²) in [5.41, 5.74) is 0. The van der Waals surface area contributed by atoms with E-state index >= 15 is 0 Å². The van der Waals surface area contributed by atoms with Crippen LogP contribution in [0.4, 0.5) is 0 Å². The Hall–Kier alpha value is -1.31. The van der Waals surface area contributed by atoms with Gasteiger partial charge in [0.1, 0.15) is 18.1 Å². The second kappa shape index (κ2) is 6.58. The van der Waals surface area contributed by atoms with Crippen molar-refractivity contribution in [3.63, 3.8) is 0 Å². The highest BCUT2D eigenvalue weighted by molar-refractivity contribution is 7.87. The number of ether oxygens (including phenoxy) is 2. The highest BCUT2D eigenvalue weighted by Crippen LogP contribution is 2.16. The molecule has 0 heterocycles. The molecule has 0 aliphatic heterocycles. The molecular formula is C11H18N2O4S. The molecule has 0 saturated heterocycles. The van der Waals surface area contributed by atoms with Crippen LogP contribution < -0.4 is 14.2 Å². The molecule has 1 N–H and O–H groups in total. The number of hydrogen-bond acceptors (Lipinski definition) is 4. The van der Waals surface area contributed by atoms with Gasteiger partial charge in [-0.15, -0.1) is 0 Å². The molecule has 0 unspecified atom stereocenters. The van der Waals surface area contributed by atoms with Gasteiger partial charge in [-0.05, 0) is 24.3 Å². The maximum atomic E-state index is 11.4. The molecule has 6 nitrogen and oxygen atoms in total. The fraction of sp³-hybridized carbons (Fsp3) is 0.455. The largest absolute Gasteiger partial charge is 0.497 e. The van der Waals surface area contributed by atoms with E-state index in [1.807, 2.05) is 0 Å². The Labute approximate surface area is 108 Å². The molecule has 0 aromatic heterocycles. The van der Waals surface area contributed by atoms with E-state index in [0.29, 0.717) is 5.75 Å². The minimum absolute atomic E-state index is 0.215. The summed E-state index contributed by atoms with van der Waals surface area (Å²) in [4.78, 5) is 0. The molecule has 0 fully saturated rings. The number of rotatable bonds is 7. The third-order valence-corrected chi connectivity index (χ3v) is 3.73. The minimum atomic E-state index is -3.38. The van der Waals surface area contributed by atoms with Gasteiger partial charge in [0.2, 0.25) is 0 Å². The molecule has 102 valence electrons. The zero-order chi connectivity index (χ0) is 13.6. The van der Waals surface area contributed by atoms with Crippen molar-refractivity contribution in [3.8, 4) is 11.5 Å². The number of methoxy groups -OCH3 is 1. The lowest BCUT2D eigenvalue weighted by Gasteiger charge is -2.12. The summed E-state index contributed by atoms with van der Waals surface area (Å²) >= 11 is 0. The van der Waals surface area contributed by atoms with Gasteiger partial charge in [-0.3, -0.25) is 0 Å². The second-order valence-corrected chi connectivity index (χ2v) is 5.67. The summed E-state index contributed by atoms with van der Waals surface area (Å²) in [6.07, 6.45) is 0. The lowest BCUT2D eigenvalue weighted by Crippen LogP contribution is -2.37. The molecule has 1 aromatic rings. The van der Waals surface area contributed by atoms with E-state index in [2.05, 4.69) is 4.72 Å². The van der Waals surface area contributed by atoms with Crippen molar-refractivity contribution < 1.29 is 17.9 Å². The number of hydrogen-bond donors (Lipinski definition) is 1. The van der Waals surface area contributed by atoms with E-state index in [0.717, 1.165) is 10.1 Å². The molecule has 0 atom stereocenters. The van der Waals surface area contributed by atoms with Gasteiger partial charge in [-0.1, -0.05) is 0 Å². The topological polar surface area (TPSA) is 67.9 Å². The highest BCUT2D eigenvalue weighted by atomic mass is 32.2. The molecule has 18 heavy (non-hydrogen) atoms. The number of benzene rings is 1. The van der Waals surface area contributed by atoms with Crippen LogP contribution in [0, 0.1) is 0 Å². The van der Waals surface area contributed by atoms with Crippen LogP contribution in [0.2, 0.25) is 0 Å². The van der Waals surface area contributed by atoms with E-state index in [4.69, 9.17) is 9.47 Å². The maximum Gasteiger partial charge on any atom is 0.279 e. The minimum Gasteiger partial charge on any atom is -0.497 e. The van der Waals surface area contributed by atoms with Crippen LogP contribution in [0.1, 0.15) is 0 Å². The van der Waals surface area contributed by atoms with Gasteiger partial charge in [-0.2, -0.15) is 17.4 Å². The average molecular weight is 274 g/mol. The van der Waals surface area contributed by atoms with Gasteiger partial charge in [0.15, 0.2) is 0 Å². The standard InChI is InChI=1S/C11H18N2O4S/c1-13(2)18(14,15)12-8-9-17-11-6-4-10(16-3)5-7-11/h4-7,12H,8-9H2,1-3H3. The van der Waals surface area contributed by atoms with Crippen LogP contribution in [0.3, 0.4) is 0 Å². The molecule has 1 aromatic carbocycles. The van der Waals surface area contributed by atoms with Crippen LogP contribution in [0.5, 0.6) is 11.5 Å². The summed E-state index contributed by atoms with van der Waals surface area (Å²) in [7, 11) is 1.14. The van der Waals surface area contributed by atoms with Gasteiger partial charge < -0.3 is 9.47 Å². The Morgan fingerprint density at radius 2 is 1.72 bits per heavy atom. The van der Waals surface area contributed by atoms with Crippen molar-refractivity contribution in [3.05, 3.63) is 24.3 Å². The van der Waals surface area contributed by atoms with Gasteiger partial charge in [0.05, 0.1) is 7.11 Å². The molecule has 0 saturated carbocycles. The summed E-state index contributed by atoms with van der Waals surface area (Å²) in [6, 6.07) is 7.08. The smallest absolute Gasteiger partial charge is 0.279 e. The fourth-order valence-corrected chi connectivity index (χ4v) is 1.74. The van der Waals surface area contributed by atoms with Crippen LogP contribution in [-0.2, 0) is 10.2 Å². The van der Waals surface area contributed by atoms with Gasteiger partial charge in [-0.25, -0.2) is 0 Å². The van der Waals surface area contributed by atoms with Crippen molar-refractivity contribution >= 4 is 10.2 Å². The van der Waals surface area contributed by atoms with Crippen LogP contribution >= 0.6 is 0 Å². The third kappa shape index (κ3) is 4.52. The van der Waals surface area contributed by atoms with Gasteiger partial charge >= 0.3 is 0 Å². The molecule has 0 spiro atoms. The van der Waals surface area contributed by atoms with Crippen molar-refractivity contribution in [1.29, 1.82) is 0 Å². The Bertz CT molecular complexity index is 456. The lowest BCUT2D eigenvalue weighted by atomic mass is 10.3. The first-order valence-corrected chi connectivity index (χ1v) is 6.83. The SMILES string of the molecule is COc1ccc(OCCNS(=O)(=O)N(C)C)cc1. The second-order valence-electron chi connectivity index (χ2n) is 3.71. The molecule has 0 bridgehead atoms. The highest BCUT2D eigenvalue weighted by Gasteiger charge is 2.11. The van der Waals surface area contributed by atoms with Crippen LogP contribution in [0.25, 0.3) is 0 Å². The molecule has 0 radical (unpaired) electrons. The quantitative estimate of drug-likeness (QED) is 0.734. The Morgan fingerprint density at radius 3 is 2.22 bits per heavy atom. The fourth-order valence-electron chi connectivity index (χ4n) is 1.14. The van der Waals surface area contributed by atoms with Gasteiger partial charge in [0.25, 0.3) is 10.2 Å². The third-order valence-electron chi connectivity index (χ3n) is 2.20. The van der Waals surface area contributed by atoms with Crippen molar-refractivity contribution in [2.75, 3.05) is 34.4 Å². The first kappa shape index (κ1) is 14.7. The van der Waals surface area contributed by atoms with Crippen LogP contribution in [0.15, 0.2) is 24.3 Å². The lowest BCUT2D eigenvalue weighted by molar-refractivity contribution is 0.320. The summed E-state index contributed by atoms with van der Waals surface area (Å²) < 4.78 is 36.6. The normalized spacial score (nSPS) is 11.6. The Morgan fingerprint density at radius 1 is 1.17 bits per heavy atom. The molecule has 0 aliphatic rings. The monoisotopic (exact) mass is 274 g/mol. The summed E-state index contributed by atoms with van der Waals surface area (Å²) in [5.74, 6) is 1.41. The van der Waals surface area contributed by atoms with E-state index in [9.17, 15) is 8.42 Å². The molecule has 0 amide bonds. The first-order chi connectivity index (χ1) is 8.45. The maximum absolute atomic E-state index is 11.4. The molecule has 7 heteroatoms. The first-order valence-electron chi connectivity index (χ1n) is 5.39. The number of nitrogens with zero attached hydrogens (tertiary/aromatic N) is 1. The van der Waals surface area contributed by atoms with E-state index in [1.54, 1.807) is 31.4 Å². The van der Waals surface area contributed by atoms with E-state index in [1.165, 1.54) is 14.1 Å². The summed E-state index contributed by atoms with van der Waals surface area (Å²) in [5, 5.41) is 0. The molecule has 0 aliphatic carbocycles. The van der Waals surface area contributed by atoms with Crippen molar-refractivity contribution in [1.82, 2.24) is 9.03 Å². The van der Waals surface area contributed by atoms with Gasteiger partial charge in [0, 0.05) is 20.6 Å². The Balaban J connectivity index is 2.34. The molecular weight excluding hydrogens is 256 g/mol. The zero-order valence-corrected chi connectivity index (χ0v) is 11.5. The number of nitrogens with one attached hydrogen (secondary N) is 1. The molecule has 1 rings (SSSR count). The average Bonchev–Trinajstić information content (AvgIpc) is 2.35. The Kier molecular flexibility index (Phi) is 5.39. The summed E-state index contributed by atoms with van der Waals surface area (Å²) in [6.45, 7) is 0.478. The van der Waals surface area contributed by atoms with Crippen LogP contribution in [-0.4, -0.2) is 47.1 Å². The van der Waals surface area contributed by atoms with E-state index < -0.39 is 10.2 Å². The van der Waals surface area contributed by atoms with E-state index in [-0.39, 0.29) is 13.2 Å². The predicted molar refractivity (Wildman–Crippen MR) is 69.1 cm³/mol.